The average molecular weight is 415 g/mol. The number of halogens is 1. The Balaban J connectivity index is 2.15. The molecule has 2 aromatic rings. The molecule has 0 unspecified atom stereocenters. The SMILES string of the molecule is CCOC(=O)C1=C[C@@H](c2ccc(Br)cc2)[C@](C)(c2ccccc2)C(=O)O1. The summed E-state index contributed by atoms with van der Waals surface area (Å²) >= 11 is 3.43. The van der Waals surface area contributed by atoms with Crippen LogP contribution in [0, 0.1) is 0 Å². The lowest BCUT2D eigenvalue weighted by atomic mass is 9.67. The number of hydrogen-bond donors (Lipinski definition) is 0. The molecule has 5 heteroatoms. The number of esters is 2. The molecule has 1 aliphatic rings. The zero-order valence-electron chi connectivity index (χ0n) is 14.6. The van der Waals surface area contributed by atoms with Crippen LogP contribution in [0.4, 0.5) is 0 Å². The van der Waals surface area contributed by atoms with Gasteiger partial charge in [0.05, 0.1) is 6.61 Å². The molecule has 2 atom stereocenters. The molecule has 2 aromatic carbocycles. The number of benzene rings is 2. The number of rotatable bonds is 4. The topological polar surface area (TPSA) is 52.6 Å². The molecule has 0 spiro atoms. The predicted molar refractivity (Wildman–Crippen MR) is 101 cm³/mol. The van der Waals surface area contributed by atoms with Gasteiger partial charge in [-0.15, -0.1) is 0 Å². The first kappa shape index (κ1) is 18.4. The Kier molecular flexibility index (Phi) is 5.28. The Hall–Kier alpha value is -2.40. The van der Waals surface area contributed by atoms with Gasteiger partial charge in [0.1, 0.15) is 5.41 Å². The molecule has 0 amide bonds. The summed E-state index contributed by atoms with van der Waals surface area (Å²) in [5.41, 5.74) is 0.792. The molecular weight excluding hydrogens is 396 g/mol. The van der Waals surface area contributed by atoms with E-state index in [1.807, 2.05) is 61.5 Å². The van der Waals surface area contributed by atoms with Crippen LogP contribution in [0.15, 0.2) is 70.9 Å². The normalized spacial score (nSPS) is 22.3. The Morgan fingerprint density at radius 1 is 1.15 bits per heavy atom. The van der Waals surface area contributed by atoms with Gasteiger partial charge in [0.25, 0.3) is 0 Å². The first-order chi connectivity index (χ1) is 12.5. The van der Waals surface area contributed by atoms with Gasteiger partial charge in [-0.25, -0.2) is 4.79 Å². The van der Waals surface area contributed by atoms with Crippen LogP contribution in [-0.4, -0.2) is 18.5 Å². The maximum absolute atomic E-state index is 13.0. The third-order valence-electron chi connectivity index (χ3n) is 4.65. The van der Waals surface area contributed by atoms with Gasteiger partial charge in [-0.05, 0) is 43.2 Å². The molecule has 0 aromatic heterocycles. The summed E-state index contributed by atoms with van der Waals surface area (Å²) in [5, 5.41) is 0. The number of ether oxygens (including phenoxy) is 2. The van der Waals surface area contributed by atoms with Crippen LogP contribution in [-0.2, 0) is 24.5 Å². The second-order valence-electron chi connectivity index (χ2n) is 6.24. The highest BCUT2D eigenvalue weighted by Crippen LogP contribution is 2.45. The molecule has 0 aliphatic carbocycles. The lowest BCUT2D eigenvalue weighted by Gasteiger charge is -2.38. The van der Waals surface area contributed by atoms with E-state index >= 15 is 0 Å². The molecule has 0 N–H and O–H groups in total. The second kappa shape index (κ2) is 7.46. The molecule has 0 radical (unpaired) electrons. The van der Waals surface area contributed by atoms with E-state index in [4.69, 9.17) is 9.47 Å². The van der Waals surface area contributed by atoms with Crippen molar-refractivity contribution in [3.63, 3.8) is 0 Å². The van der Waals surface area contributed by atoms with E-state index < -0.39 is 17.4 Å². The van der Waals surface area contributed by atoms with E-state index in [2.05, 4.69) is 15.9 Å². The minimum absolute atomic E-state index is 0.0572. The van der Waals surface area contributed by atoms with Crippen molar-refractivity contribution in [1.29, 1.82) is 0 Å². The Labute approximate surface area is 160 Å². The van der Waals surface area contributed by atoms with Crippen molar-refractivity contribution in [1.82, 2.24) is 0 Å². The summed E-state index contributed by atoms with van der Waals surface area (Å²) < 4.78 is 11.3. The van der Waals surface area contributed by atoms with Crippen LogP contribution in [0.25, 0.3) is 0 Å². The predicted octanol–water partition coefficient (Wildman–Crippen LogP) is 4.49. The fraction of sp³-hybridized carbons (Fsp3) is 0.238. The number of carbonyl (C=O) groups is 2. The van der Waals surface area contributed by atoms with Crippen LogP contribution >= 0.6 is 15.9 Å². The summed E-state index contributed by atoms with van der Waals surface area (Å²) in [7, 11) is 0. The summed E-state index contributed by atoms with van der Waals surface area (Å²) in [4.78, 5) is 25.2. The quantitative estimate of drug-likeness (QED) is 0.691. The first-order valence-corrected chi connectivity index (χ1v) is 9.18. The van der Waals surface area contributed by atoms with E-state index in [0.29, 0.717) is 0 Å². The fourth-order valence-corrected chi connectivity index (χ4v) is 3.44. The van der Waals surface area contributed by atoms with Crippen LogP contribution in [0.5, 0.6) is 0 Å². The monoisotopic (exact) mass is 414 g/mol. The molecule has 134 valence electrons. The van der Waals surface area contributed by atoms with Gasteiger partial charge in [0.15, 0.2) is 0 Å². The molecule has 1 aliphatic heterocycles. The lowest BCUT2D eigenvalue weighted by Crippen LogP contribution is -2.43. The van der Waals surface area contributed by atoms with Crippen molar-refractivity contribution < 1.29 is 19.1 Å². The number of cyclic esters (lactones) is 1. The van der Waals surface area contributed by atoms with E-state index in [-0.39, 0.29) is 18.3 Å². The van der Waals surface area contributed by atoms with Gasteiger partial charge in [-0.1, -0.05) is 58.4 Å². The molecule has 3 rings (SSSR count). The molecule has 0 fully saturated rings. The Morgan fingerprint density at radius 2 is 1.81 bits per heavy atom. The van der Waals surface area contributed by atoms with Crippen molar-refractivity contribution in [2.75, 3.05) is 6.61 Å². The first-order valence-electron chi connectivity index (χ1n) is 8.39. The highest BCUT2D eigenvalue weighted by Gasteiger charge is 2.48. The third-order valence-corrected chi connectivity index (χ3v) is 5.17. The van der Waals surface area contributed by atoms with Crippen LogP contribution in [0.3, 0.4) is 0 Å². The standard InChI is InChI=1S/C21H19BrO4/c1-3-25-19(23)18-13-17(14-9-11-16(22)12-10-14)21(2,20(24)26-18)15-7-5-4-6-8-15/h4-13,17H,3H2,1-2H3/t17-,21-/m0/s1. The van der Waals surface area contributed by atoms with Crippen molar-refractivity contribution in [2.24, 2.45) is 0 Å². The van der Waals surface area contributed by atoms with E-state index in [9.17, 15) is 9.59 Å². The Morgan fingerprint density at radius 3 is 2.42 bits per heavy atom. The summed E-state index contributed by atoms with van der Waals surface area (Å²) in [6.07, 6.45) is 1.69. The smallest absolute Gasteiger partial charge is 0.374 e. The molecule has 0 saturated heterocycles. The van der Waals surface area contributed by atoms with Crippen molar-refractivity contribution >= 4 is 27.9 Å². The van der Waals surface area contributed by atoms with Gasteiger partial charge in [-0.2, -0.15) is 0 Å². The van der Waals surface area contributed by atoms with E-state index in [0.717, 1.165) is 15.6 Å². The molecule has 4 nitrogen and oxygen atoms in total. The van der Waals surface area contributed by atoms with Crippen molar-refractivity contribution in [3.8, 4) is 0 Å². The maximum atomic E-state index is 13.0. The largest absolute Gasteiger partial charge is 0.460 e. The van der Waals surface area contributed by atoms with Crippen LogP contribution < -0.4 is 0 Å². The molecule has 0 bridgehead atoms. The second-order valence-corrected chi connectivity index (χ2v) is 7.15. The Bertz CT molecular complexity index is 842. The van der Waals surface area contributed by atoms with E-state index in [1.54, 1.807) is 13.0 Å². The molecule has 26 heavy (non-hydrogen) atoms. The molecule has 1 heterocycles. The highest BCUT2D eigenvalue weighted by atomic mass is 79.9. The molecular formula is C21H19BrO4. The number of carbonyl (C=O) groups excluding carboxylic acids is 2. The van der Waals surface area contributed by atoms with Crippen molar-refractivity contribution in [2.45, 2.75) is 25.2 Å². The fourth-order valence-electron chi connectivity index (χ4n) is 3.18. The highest BCUT2D eigenvalue weighted by molar-refractivity contribution is 9.10. The summed E-state index contributed by atoms with van der Waals surface area (Å²) in [5.74, 6) is -1.52. The molecule has 0 saturated carbocycles. The van der Waals surface area contributed by atoms with Crippen molar-refractivity contribution in [3.05, 3.63) is 82.0 Å². The van der Waals surface area contributed by atoms with Gasteiger partial charge in [0, 0.05) is 10.4 Å². The zero-order valence-corrected chi connectivity index (χ0v) is 16.2. The lowest BCUT2D eigenvalue weighted by molar-refractivity contribution is -0.156. The number of allylic oxidation sites excluding steroid dienone is 1. The summed E-state index contributed by atoms with van der Waals surface area (Å²) in [6, 6.07) is 17.2. The minimum atomic E-state index is -0.953. The zero-order chi connectivity index (χ0) is 18.7. The summed E-state index contributed by atoms with van der Waals surface area (Å²) in [6.45, 7) is 3.77. The van der Waals surface area contributed by atoms with Gasteiger partial charge in [0.2, 0.25) is 5.76 Å². The van der Waals surface area contributed by atoms with E-state index in [1.165, 1.54) is 0 Å². The average Bonchev–Trinajstić information content (AvgIpc) is 2.65. The minimum Gasteiger partial charge on any atom is -0.460 e. The van der Waals surface area contributed by atoms with Crippen LogP contribution in [0.2, 0.25) is 0 Å². The maximum Gasteiger partial charge on any atom is 0.374 e. The number of hydrogen-bond acceptors (Lipinski definition) is 4. The third kappa shape index (κ3) is 3.31. The van der Waals surface area contributed by atoms with Gasteiger partial charge >= 0.3 is 11.9 Å². The van der Waals surface area contributed by atoms with Gasteiger partial charge < -0.3 is 9.47 Å². The van der Waals surface area contributed by atoms with Crippen LogP contribution in [0.1, 0.15) is 30.9 Å². The van der Waals surface area contributed by atoms with Gasteiger partial charge in [-0.3, -0.25) is 4.79 Å².